The van der Waals surface area contributed by atoms with Gasteiger partial charge in [0.15, 0.2) is 5.82 Å². The van der Waals surface area contributed by atoms with Crippen molar-refractivity contribution in [1.82, 2.24) is 20.2 Å². The van der Waals surface area contributed by atoms with Crippen LogP contribution in [0.4, 0.5) is 0 Å². The molecule has 2 aromatic rings. The number of aromatic nitrogens is 3. The molecule has 0 saturated carbocycles. The van der Waals surface area contributed by atoms with Gasteiger partial charge in [-0.3, -0.25) is 4.79 Å². The third kappa shape index (κ3) is 4.60. The van der Waals surface area contributed by atoms with Crippen LogP contribution in [0.1, 0.15) is 20.8 Å². The molecular formula is C17H25N5O3S. The third-order valence-corrected chi connectivity index (χ3v) is 4.71. The fraction of sp³-hybridized carbons (Fsp3) is 0.471. The molecule has 1 atom stereocenters. The molecule has 0 aliphatic carbocycles. The lowest BCUT2D eigenvalue weighted by atomic mass is 10.2. The number of rotatable bonds is 8. The largest absolute Gasteiger partial charge is 0.497 e. The van der Waals surface area contributed by atoms with Gasteiger partial charge in [0.05, 0.1) is 25.0 Å². The number of benzene rings is 1. The number of ether oxygens (including phenoxy) is 2. The Bertz CT molecular complexity index is 763. The van der Waals surface area contributed by atoms with E-state index in [0.717, 1.165) is 0 Å². The van der Waals surface area contributed by atoms with E-state index >= 15 is 0 Å². The number of nitrogens with two attached hydrogens (primary N) is 1. The zero-order valence-electron chi connectivity index (χ0n) is 15.6. The molecule has 3 N–H and O–H groups in total. The molecule has 8 nitrogen and oxygen atoms in total. The number of carbonyl (C=O) groups is 1. The first-order valence-corrected chi connectivity index (χ1v) is 9.12. The van der Waals surface area contributed by atoms with Gasteiger partial charge in [-0.05, 0) is 25.0 Å². The normalized spacial score (nSPS) is 12.1. The van der Waals surface area contributed by atoms with Crippen molar-refractivity contribution in [1.29, 1.82) is 0 Å². The number of nitrogens with zero attached hydrogens (tertiary/aromatic N) is 3. The van der Waals surface area contributed by atoms with Crippen LogP contribution in [0.2, 0.25) is 0 Å². The van der Waals surface area contributed by atoms with Crippen LogP contribution in [0.15, 0.2) is 23.4 Å². The van der Waals surface area contributed by atoms with Gasteiger partial charge in [-0.2, -0.15) is 0 Å². The first kappa shape index (κ1) is 19.9. The SMILES string of the molecule is COc1ccc(-c2nnc(S[C@@H](C)C(=O)NCC(C)C)n2N)c(OC)c1. The van der Waals surface area contributed by atoms with Crippen LogP contribution in [0, 0.1) is 5.92 Å². The van der Waals surface area contributed by atoms with Crippen LogP contribution >= 0.6 is 11.8 Å². The van der Waals surface area contributed by atoms with Gasteiger partial charge in [0.1, 0.15) is 11.5 Å². The van der Waals surface area contributed by atoms with Gasteiger partial charge in [-0.1, -0.05) is 25.6 Å². The van der Waals surface area contributed by atoms with Gasteiger partial charge in [0.25, 0.3) is 0 Å². The first-order chi connectivity index (χ1) is 12.4. The molecule has 1 heterocycles. The van der Waals surface area contributed by atoms with E-state index in [4.69, 9.17) is 15.3 Å². The Balaban J connectivity index is 2.19. The third-order valence-electron chi connectivity index (χ3n) is 3.65. The monoisotopic (exact) mass is 379 g/mol. The Morgan fingerprint density at radius 1 is 1.27 bits per heavy atom. The maximum absolute atomic E-state index is 12.1. The Morgan fingerprint density at radius 3 is 2.62 bits per heavy atom. The Kier molecular flexibility index (Phi) is 6.73. The lowest BCUT2D eigenvalue weighted by Gasteiger charge is -2.13. The Morgan fingerprint density at radius 2 is 2.00 bits per heavy atom. The molecule has 1 aromatic carbocycles. The zero-order chi connectivity index (χ0) is 19.3. The minimum absolute atomic E-state index is 0.0599. The van der Waals surface area contributed by atoms with E-state index in [9.17, 15) is 4.79 Å². The number of methoxy groups -OCH3 is 2. The molecular weight excluding hydrogens is 354 g/mol. The summed E-state index contributed by atoms with van der Waals surface area (Å²) in [6.07, 6.45) is 0. The molecule has 2 rings (SSSR count). The summed E-state index contributed by atoms with van der Waals surface area (Å²) in [6.45, 7) is 6.53. The van der Waals surface area contributed by atoms with E-state index in [1.165, 1.54) is 16.4 Å². The highest BCUT2D eigenvalue weighted by Gasteiger charge is 2.21. The van der Waals surface area contributed by atoms with E-state index in [1.807, 2.05) is 20.8 Å². The molecule has 0 fully saturated rings. The predicted octanol–water partition coefficient (Wildman–Crippen LogP) is 1.93. The van der Waals surface area contributed by atoms with E-state index in [1.54, 1.807) is 32.4 Å². The summed E-state index contributed by atoms with van der Waals surface area (Å²) in [5.41, 5.74) is 0.687. The van der Waals surface area contributed by atoms with Gasteiger partial charge in [0.2, 0.25) is 11.1 Å². The van der Waals surface area contributed by atoms with E-state index in [2.05, 4.69) is 15.5 Å². The quantitative estimate of drug-likeness (QED) is 0.533. The van der Waals surface area contributed by atoms with Gasteiger partial charge in [0, 0.05) is 12.6 Å². The molecule has 1 amide bonds. The second-order valence-electron chi connectivity index (χ2n) is 6.14. The summed E-state index contributed by atoms with van der Waals surface area (Å²) in [5.74, 6) is 8.17. The average molecular weight is 379 g/mol. The first-order valence-electron chi connectivity index (χ1n) is 8.24. The molecule has 0 aliphatic rings. The second-order valence-corrected chi connectivity index (χ2v) is 7.45. The lowest BCUT2D eigenvalue weighted by molar-refractivity contribution is -0.120. The Labute approximate surface area is 157 Å². The van der Waals surface area contributed by atoms with Crippen LogP contribution in [0.5, 0.6) is 11.5 Å². The summed E-state index contributed by atoms with van der Waals surface area (Å²) in [6, 6.07) is 5.35. The molecule has 0 radical (unpaired) electrons. The van der Waals surface area contributed by atoms with Crippen LogP contribution in [0.25, 0.3) is 11.4 Å². The van der Waals surface area contributed by atoms with Crippen LogP contribution in [-0.4, -0.2) is 46.8 Å². The van der Waals surface area contributed by atoms with Gasteiger partial charge >= 0.3 is 0 Å². The number of nitrogens with one attached hydrogen (secondary N) is 1. The van der Waals surface area contributed by atoms with E-state index in [0.29, 0.717) is 40.5 Å². The van der Waals surface area contributed by atoms with Crippen molar-refractivity contribution < 1.29 is 14.3 Å². The number of nitrogen functional groups attached to an aromatic ring is 1. The van der Waals surface area contributed by atoms with Crippen molar-refractivity contribution in [3.8, 4) is 22.9 Å². The minimum Gasteiger partial charge on any atom is -0.497 e. The van der Waals surface area contributed by atoms with Gasteiger partial charge in [-0.25, -0.2) is 4.68 Å². The molecule has 0 bridgehead atoms. The highest BCUT2D eigenvalue weighted by Crippen LogP contribution is 2.33. The molecule has 142 valence electrons. The maximum atomic E-state index is 12.1. The number of hydrogen-bond acceptors (Lipinski definition) is 7. The molecule has 9 heteroatoms. The number of thioether (sulfide) groups is 1. The highest BCUT2D eigenvalue weighted by atomic mass is 32.2. The lowest BCUT2D eigenvalue weighted by Crippen LogP contribution is -2.33. The molecule has 1 aromatic heterocycles. The van der Waals surface area contributed by atoms with Crippen molar-refractivity contribution >= 4 is 17.7 Å². The summed E-state index contributed by atoms with van der Waals surface area (Å²) in [7, 11) is 3.15. The fourth-order valence-corrected chi connectivity index (χ4v) is 2.98. The average Bonchev–Trinajstić information content (AvgIpc) is 2.99. The minimum atomic E-state index is -0.342. The molecule has 0 saturated heterocycles. The highest BCUT2D eigenvalue weighted by molar-refractivity contribution is 8.00. The fourth-order valence-electron chi connectivity index (χ4n) is 2.18. The topological polar surface area (TPSA) is 104 Å². The molecule has 0 unspecified atom stereocenters. The van der Waals surface area contributed by atoms with E-state index in [-0.39, 0.29) is 11.2 Å². The second kappa shape index (κ2) is 8.79. The Hall–Kier alpha value is -2.42. The van der Waals surface area contributed by atoms with Crippen molar-refractivity contribution in [2.24, 2.45) is 5.92 Å². The molecule has 0 aliphatic heterocycles. The van der Waals surface area contributed by atoms with Crippen molar-refractivity contribution in [2.45, 2.75) is 31.2 Å². The zero-order valence-corrected chi connectivity index (χ0v) is 16.5. The maximum Gasteiger partial charge on any atom is 0.233 e. The van der Waals surface area contributed by atoms with Crippen LogP contribution < -0.4 is 20.6 Å². The van der Waals surface area contributed by atoms with Crippen molar-refractivity contribution in [3.05, 3.63) is 18.2 Å². The standard InChI is InChI=1S/C17H25N5O3S/c1-10(2)9-19-16(23)11(3)26-17-21-20-15(22(17)18)13-7-6-12(24-4)8-14(13)25-5/h6-8,10-11H,9,18H2,1-5H3,(H,19,23)/t11-/m0/s1. The van der Waals surface area contributed by atoms with Gasteiger partial charge < -0.3 is 20.6 Å². The van der Waals surface area contributed by atoms with Crippen LogP contribution in [-0.2, 0) is 4.79 Å². The summed E-state index contributed by atoms with van der Waals surface area (Å²) >= 11 is 1.25. The van der Waals surface area contributed by atoms with Crippen LogP contribution in [0.3, 0.4) is 0 Å². The molecule has 26 heavy (non-hydrogen) atoms. The van der Waals surface area contributed by atoms with E-state index < -0.39 is 0 Å². The van der Waals surface area contributed by atoms with Gasteiger partial charge in [-0.15, -0.1) is 10.2 Å². The molecule has 0 spiro atoms. The smallest absolute Gasteiger partial charge is 0.233 e. The summed E-state index contributed by atoms with van der Waals surface area (Å²) < 4.78 is 12.0. The summed E-state index contributed by atoms with van der Waals surface area (Å²) in [4.78, 5) is 12.1. The van der Waals surface area contributed by atoms with Crippen molar-refractivity contribution in [3.63, 3.8) is 0 Å². The number of amides is 1. The number of hydrogen-bond donors (Lipinski definition) is 2. The summed E-state index contributed by atoms with van der Waals surface area (Å²) in [5, 5.41) is 11.3. The van der Waals surface area contributed by atoms with Crippen molar-refractivity contribution in [2.75, 3.05) is 26.6 Å². The predicted molar refractivity (Wildman–Crippen MR) is 102 cm³/mol. The number of carbonyl (C=O) groups excluding carboxylic acids is 1.